The van der Waals surface area contributed by atoms with Crippen molar-refractivity contribution in [2.45, 2.75) is 12.3 Å². The molecule has 0 bridgehead atoms. The molecule has 0 spiro atoms. The number of rotatable bonds is 1. The van der Waals surface area contributed by atoms with E-state index in [1.54, 1.807) is 0 Å². The molecule has 0 aromatic carbocycles. The fourth-order valence-electron chi connectivity index (χ4n) is 1.37. The molecule has 5 nitrogen and oxygen atoms in total. The van der Waals surface area contributed by atoms with Gasteiger partial charge in [-0.05, 0) is 23.2 Å². The quantitative estimate of drug-likeness (QED) is 0.697. The highest BCUT2D eigenvalue weighted by Gasteiger charge is 2.32. The van der Waals surface area contributed by atoms with Gasteiger partial charge < -0.3 is 4.52 Å². The number of hydrogen-bond acceptors (Lipinski definition) is 5. The molecule has 1 atom stereocenters. The van der Waals surface area contributed by atoms with Crippen LogP contribution in [-0.2, 0) is 9.84 Å². The van der Waals surface area contributed by atoms with Crippen molar-refractivity contribution in [1.29, 1.82) is 0 Å². The first-order valence-corrected chi connectivity index (χ1v) is 5.96. The van der Waals surface area contributed by atoms with Crippen molar-refractivity contribution >= 4 is 21.4 Å². The minimum absolute atomic E-state index is 0.0271. The molecule has 1 aliphatic rings. The molecular formula is C6H7ClN2O3S. The van der Waals surface area contributed by atoms with Crippen molar-refractivity contribution in [3.8, 4) is 0 Å². The Morgan fingerprint density at radius 3 is 2.77 bits per heavy atom. The summed E-state index contributed by atoms with van der Waals surface area (Å²) < 4.78 is 27.0. The molecule has 0 saturated carbocycles. The first kappa shape index (κ1) is 8.96. The van der Waals surface area contributed by atoms with E-state index >= 15 is 0 Å². The highest BCUT2D eigenvalue weighted by atomic mass is 35.5. The Morgan fingerprint density at radius 1 is 1.54 bits per heavy atom. The molecule has 0 amide bonds. The molecule has 1 fully saturated rings. The highest BCUT2D eigenvalue weighted by Crippen LogP contribution is 2.27. The third kappa shape index (κ3) is 1.83. The predicted octanol–water partition coefficient (Wildman–Crippen LogP) is 0.625. The van der Waals surface area contributed by atoms with Gasteiger partial charge in [0.15, 0.2) is 9.84 Å². The molecule has 0 aliphatic carbocycles. The number of hydrogen-bond donors (Lipinski definition) is 0. The maximum absolute atomic E-state index is 11.1. The topological polar surface area (TPSA) is 73.1 Å². The van der Waals surface area contributed by atoms with E-state index < -0.39 is 9.84 Å². The van der Waals surface area contributed by atoms with Gasteiger partial charge in [-0.15, -0.1) is 0 Å². The molecule has 0 radical (unpaired) electrons. The summed E-state index contributed by atoms with van der Waals surface area (Å²) in [6.45, 7) is 0. The van der Waals surface area contributed by atoms with E-state index in [0.29, 0.717) is 12.3 Å². The lowest BCUT2D eigenvalue weighted by Gasteiger charge is -1.97. The zero-order valence-corrected chi connectivity index (χ0v) is 8.18. The Morgan fingerprint density at radius 2 is 2.31 bits per heavy atom. The van der Waals surface area contributed by atoms with Crippen LogP contribution in [-0.4, -0.2) is 30.1 Å². The van der Waals surface area contributed by atoms with Gasteiger partial charge in [0.1, 0.15) is 0 Å². The van der Waals surface area contributed by atoms with Crippen molar-refractivity contribution in [2.24, 2.45) is 0 Å². The highest BCUT2D eigenvalue weighted by molar-refractivity contribution is 7.91. The van der Waals surface area contributed by atoms with Gasteiger partial charge in [-0.25, -0.2) is 8.42 Å². The van der Waals surface area contributed by atoms with Crippen LogP contribution >= 0.6 is 11.6 Å². The van der Waals surface area contributed by atoms with Crippen LogP contribution in [0.5, 0.6) is 0 Å². The van der Waals surface area contributed by atoms with Gasteiger partial charge in [0, 0.05) is 0 Å². The lowest BCUT2D eigenvalue weighted by molar-refractivity contribution is 0.360. The SMILES string of the molecule is O=S1(=O)CCC(c2nc(Cl)no2)C1. The Balaban J connectivity index is 2.21. The summed E-state index contributed by atoms with van der Waals surface area (Å²) in [5, 5.41) is 3.42. The van der Waals surface area contributed by atoms with Crippen LogP contribution in [0.15, 0.2) is 4.52 Å². The predicted molar refractivity (Wildman–Crippen MR) is 45.3 cm³/mol. The summed E-state index contributed by atoms with van der Waals surface area (Å²) >= 11 is 5.44. The van der Waals surface area contributed by atoms with Crippen LogP contribution in [0.1, 0.15) is 18.2 Å². The fraction of sp³-hybridized carbons (Fsp3) is 0.667. The summed E-state index contributed by atoms with van der Waals surface area (Å²) in [4.78, 5) is 3.78. The molecule has 72 valence electrons. The molecule has 2 rings (SSSR count). The number of nitrogens with zero attached hydrogens (tertiary/aromatic N) is 2. The first-order valence-electron chi connectivity index (χ1n) is 3.76. The second-order valence-corrected chi connectivity index (χ2v) is 5.57. The number of sulfone groups is 1. The van der Waals surface area contributed by atoms with Gasteiger partial charge >= 0.3 is 0 Å². The largest absolute Gasteiger partial charge is 0.338 e. The minimum atomic E-state index is -2.91. The third-order valence-corrected chi connectivity index (χ3v) is 3.92. The summed E-state index contributed by atoms with van der Waals surface area (Å²) in [5.41, 5.74) is 0. The second-order valence-electron chi connectivity index (χ2n) is 3.00. The van der Waals surface area contributed by atoms with Crippen LogP contribution < -0.4 is 0 Å². The van der Waals surface area contributed by atoms with Crippen LogP contribution in [0.3, 0.4) is 0 Å². The van der Waals surface area contributed by atoms with Crippen molar-refractivity contribution < 1.29 is 12.9 Å². The Bertz CT molecular complexity index is 413. The second kappa shape index (κ2) is 2.95. The monoisotopic (exact) mass is 222 g/mol. The van der Waals surface area contributed by atoms with Gasteiger partial charge in [-0.3, -0.25) is 0 Å². The zero-order valence-electron chi connectivity index (χ0n) is 6.60. The summed E-state index contributed by atoms with van der Waals surface area (Å²) in [7, 11) is -2.91. The molecular weight excluding hydrogens is 216 g/mol. The standard InChI is InChI=1S/C6H7ClN2O3S/c7-6-8-5(12-9-6)4-1-2-13(10,11)3-4/h4H,1-3H2. The van der Waals surface area contributed by atoms with Crippen LogP contribution in [0.25, 0.3) is 0 Å². The van der Waals surface area contributed by atoms with E-state index in [9.17, 15) is 8.42 Å². The molecule has 13 heavy (non-hydrogen) atoms. The van der Waals surface area contributed by atoms with Crippen molar-refractivity contribution in [3.63, 3.8) is 0 Å². The van der Waals surface area contributed by atoms with E-state index in [-0.39, 0.29) is 22.7 Å². The summed E-state index contributed by atoms with van der Waals surface area (Å²) in [5.74, 6) is 0.430. The number of halogens is 1. The van der Waals surface area contributed by atoms with Gasteiger partial charge in [-0.1, -0.05) is 0 Å². The van der Waals surface area contributed by atoms with Gasteiger partial charge in [0.2, 0.25) is 5.89 Å². The molecule has 1 aromatic heterocycles. The zero-order chi connectivity index (χ0) is 9.47. The Hall–Kier alpha value is -0.620. The maximum atomic E-state index is 11.1. The third-order valence-electron chi connectivity index (χ3n) is 2.00. The molecule has 7 heteroatoms. The Labute approximate surface area is 80.0 Å². The lowest BCUT2D eigenvalue weighted by atomic mass is 10.1. The molecule has 2 heterocycles. The number of aromatic nitrogens is 2. The fourth-order valence-corrected chi connectivity index (χ4v) is 3.22. The van der Waals surface area contributed by atoms with Crippen LogP contribution in [0, 0.1) is 0 Å². The molecule has 1 unspecified atom stereocenters. The summed E-state index contributed by atoms with van der Waals surface area (Å²) in [6, 6.07) is 0. The summed E-state index contributed by atoms with van der Waals surface area (Å²) in [6.07, 6.45) is 0.543. The van der Waals surface area contributed by atoms with Crippen molar-refractivity contribution in [2.75, 3.05) is 11.5 Å². The van der Waals surface area contributed by atoms with Crippen LogP contribution in [0.4, 0.5) is 0 Å². The van der Waals surface area contributed by atoms with E-state index in [1.807, 2.05) is 0 Å². The molecule has 1 saturated heterocycles. The minimum Gasteiger partial charge on any atom is -0.338 e. The van der Waals surface area contributed by atoms with E-state index in [4.69, 9.17) is 16.1 Å². The van der Waals surface area contributed by atoms with E-state index in [1.165, 1.54) is 0 Å². The van der Waals surface area contributed by atoms with Gasteiger partial charge in [-0.2, -0.15) is 4.98 Å². The Kier molecular flexibility index (Phi) is 2.03. The molecule has 1 aliphatic heterocycles. The van der Waals surface area contributed by atoms with Crippen molar-refractivity contribution in [3.05, 3.63) is 11.2 Å². The maximum Gasteiger partial charge on any atom is 0.263 e. The molecule has 1 aromatic rings. The smallest absolute Gasteiger partial charge is 0.263 e. The van der Waals surface area contributed by atoms with Crippen LogP contribution in [0.2, 0.25) is 5.28 Å². The average Bonchev–Trinajstić information content (AvgIpc) is 2.56. The van der Waals surface area contributed by atoms with Gasteiger partial charge in [0.25, 0.3) is 5.28 Å². The normalized spacial score (nSPS) is 26.4. The van der Waals surface area contributed by atoms with Gasteiger partial charge in [0.05, 0.1) is 17.4 Å². The van der Waals surface area contributed by atoms with Crippen molar-refractivity contribution in [1.82, 2.24) is 10.1 Å². The molecule has 0 N–H and O–H groups in total. The van der Waals surface area contributed by atoms with E-state index in [0.717, 1.165) is 0 Å². The average molecular weight is 223 g/mol. The first-order chi connectivity index (χ1) is 6.07. The lowest BCUT2D eigenvalue weighted by Crippen LogP contribution is -2.03. The van der Waals surface area contributed by atoms with E-state index in [2.05, 4.69) is 10.1 Å².